The van der Waals surface area contributed by atoms with Crippen LogP contribution in [0.3, 0.4) is 0 Å². The Morgan fingerprint density at radius 1 is 1.54 bits per heavy atom. The molecule has 72 valence electrons. The lowest BCUT2D eigenvalue weighted by Crippen LogP contribution is -2.14. The van der Waals surface area contributed by atoms with Crippen molar-refractivity contribution in [3.8, 4) is 0 Å². The third kappa shape index (κ3) is 2.70. The molecule has 1 aromatic rings. The molecule has 0 spiro atoms. The molecule has 0 aliphatic carbocycles. The van der Waals surface area contributed by atoms with Gasteiger partial charge in [-0.3, -0.25) is 0 Å². The highest BCUT2D eigenvalue weighted by Crippen LogP contribution is 2.11. The van der Waals surface area contributed by atoms with Crippen LogP contribution in [0.15, 0.2) is 17.2 Å². The van der Waals surface area contributed by atoms with Gasteiger partial charge in [0.2, 0.25) is 0 Å². The van der Waals surface area contributed by atoms with Crippen LogP contribution < -0.4 is 5.32 Å². The summed E-state index contributed by atoms with van der Waals surface area (Å²) in [4.78, 5) is 0. The lowest BCUT2D eigenvalue weighted by molar-refractivity contribution is 0.392. The lowest BCUT2D eigenvalue weighted by Gasteiger charge is -2.01. The molecule has 0 aliphatic heterocycles. The van der Waals surface area contributed by atoms with Gasteiger partial charge in [-0.25, -0.2) is 0 Å². The predicted molar refractivity (Wildman–Crippen MR) is 52.5 cm³/mol. The first kappa shape index (κ1) is 9.99. The summed E-state index contributed by atoms with van der Waals surface area (Å²) in [7, 11) is 0. The molecule has 13 heavy (non-hydrogen) atoms. The number of nitrogens with one attached hydrogen (secondary N) is 1. The second-order valence-corrected chi connectivity index (χ2v) is 3.06. The Labute approximate surface area is 78.8 Å². The van der Waals surface area contributed by atoms with Gasteiger partial charge in [-0.2, -0.15) is 0 Å². The van der Waals surface area contributed by atoms with Crippen molar-refractivity contribution in [3.63, 3.8) is 0 Å². The summed E-state index contributed by atoms with van der Waals surface area (Å²) in [5, 5.41) is 7.18. The fraction of sp³-hybridized carbons (Fsp3) is 0.500. The predicted octanol–water partition coefficient (Wildman–Crippen LogP) is 1.96. The van der Waals surface area contributed by atoms with E-state index < -0.39 is 0 Å². The highest BCUT2D eigenvalue weighted by atomic mass is 16.5. The Hall–Kier alpha value is -1.09. The largest absolute Gasteiger partial charge is 0.361 e. The molecule has 0 atom stereocenters. The quantitative estimate of drug-likeness (QED) is 0.556. The van der Waals surface area contributed by atoms with E-state index in [9.17, 15) is 0 Å². The van der Waals surface area contributed by atoms with E-state index >= 15 is 0 Å². The van der Waals surface area contributed by atoms with E-state index in [1.54, 1.807) is 0 Å². The SMILES string of the molecule is C=CCCNCc1c(C)noc1C. The average molecular weight is 180 g/mol. The molecule has 0 unspecified atom stereocenters. The van der Waals surface area contributed by atoms with Crippen molar-refractivity contribution in [2.75, 3.05) is 6.54 Å². The summed E-state index contributed by atoms with van der Waals surface area (Å²) >= 11 is 0. The maximum absolute atomic E-state index is 5.04. The molecule has 0 aliphatic rings. The first-order chi connectivity index (χ1) is 6.25. The molecule has 3 nitrogen and oxygen atoms in total. The van der Waals surface area contributed by atoms with Gasteiger partial charge < -0.3 is 9.84 Å². The van der Waals surface area contributed by atoms with Gasteiger partial charge in [-0.15, -0.1) is 6.58 Å². The fourth-order valence-corrected chi connectivity index (χ4v) is 1.17. The van der Waals surface area contributed by atoms with Crippen molar-refractivity contribution in [2.45, 2.75) is 26.8 Å². The molecule has 1 aromatic heterocycles. The summed E-state index contributed by atoms with van der Waals surface area (Å²) in [6.07, 6.45) is 2.89. The third-order valence-electron chi connectivity index (χ3n) is 2.01. The first-order valence-corrected chi connectivity index (χ1v) is 4.49. The van der Waals surface area contributed by atoms with Crippen LogP contribution in [0.1, 0.15) is 23.4 Å². The summed E-state index contributed by atoms with van der Waals surface area (Å²) in [5.74, 6) is 0.906. The van der Waals surface area contributed by atoms with Gasteiger partial charge in [0.1, 0.15) is 5.76 Å². The topological polar surface area (TPSA) is 38.1 Å². The second-order valence-electron chi connectivity index (χ2n) is 3.06. The van der Waals surface area contributed by atoms with Gasteiger partial charge in [0.05, 0.1) is 5.69 Å². The van der Waals surface area contributed by atoms with Gasteiger partial charge in [-0.1, -0.05) is 11.2 Å². The third-order valence-corrected chi connectivity index (χ3v) is 2.01. The van der Waals surface area contributed by atoms with Crippen molar-refractivity contribution in [1.82, 2.24) is 10.5 Å². The van der Waals surface area contributed by atoms with Crippen molar-refractivity contribution in [1.29, 1.82) is 0 Å². The van der Waals surface area contributed by atoms with E-state index in [0.29, 0.717) is 0 Å². The zero-order valence-corrected chi connectivity index (χ0v) is 8.26. The van der Waals surface area contributed by atoms with Crippen LogP contribution in [0.5, 0.6) is 0 Å². The average Bonchev–Trinajstić information content (AvgIpc) is 2.42. The molecular weight excluding hydrogens is 164 g/mol. The number of hydrogen-bond acceptors (Lipinski definition) is 3. The Morgan fingerprint density at radius 2 is 2.31 bits per heavy atom. The monoisotopic (exact) mass is 180 g/mol. The Kier molecular flexibility index (Phi) is 3.71. The molecule has 0 fully saturated rings. The van der Waals surface area contributed by atoms with Gasteiger partial charge in [-0.05, 0) is 26.8 Å². The molecule has 0 aromatic carbocycles. The normalized spacial score (nSPS) is 10.3. The summed E-state index contributed by atoms with van der Waals surface area (Å²) < 4.78 is 5.04. The number of aromatic nitrogens is 1. The molecule has 1 heterocycles. The minimum Gasteiger partial charge on any atom is -0.361 e. The molecule has 1 N–H and O–H groups in total. The van der Waals surface area contributed by atoms with Crippen LogP contribution in [0.4, 0.5) is 0 Å². The summed E-state index contributed by atoms with van der Waals surface area (Å²) in [6, 6.07) is 0. The first-order valence-electron chi connectivity index (χ1n) is 4.49. The molecule has 0 saturated carbocycles. The van der Waals surface area contributed by atoms with E-state index in [-0.39, 0.29) is 0 Å². The lowest BCUT2D eigenvalue weighted by atomic mass is 10.2. The highest BCUT2D eigenvalue weighted by Gasteiger charge is 2.06. The number of aryl methyl sites for hydroxylation is 2. The molecule has 1 rings (SSSR count). The van der Waals surface area contributed by atoms with Crippen LogP contribution in [-0.2, 0) is 6.54 Å². The van der Waals surface area contributed by atoms with E-state index in [2.05, 4.69) is 17.1 Å². The van der Waals surface area contributed by atoms with Crippen LogP contribution in [0.25, 0.3) is 0 Å². The van der Waals surface area contributed by atoms with Crippen LogP contribution >= 0.6 is 0 Å². The molecule has 0 amide bonds. The standard InChI is InChI=1S/C10H16N2O/c1-4-5-6-11-7-10-8(2)12-13-9(10)3/h4,11H,1,5-7H2,2-3H3. The maximum atomic E-state index is 5.04. The van der Waals surface area contributed by atoms with Crippen molar-refractivity contribution >= 4 is 0 Å². The van der Waals surface area contributed by atoms with E-state index in [0.717, 1.165) is 31.0 Å². The van der Waals surface area contributed by atoms with Gasteiger partial charge in [0.25, 0.3) is 0 Å². The molecule has 0 radical (unpaired) electrons. The van der Waals surface area contributed by atoms with Crippen LogP contribution in [0, 0.1) is 13.8 Å². The Balaban J connectivity index is 2.40. The zero-order chi connectivity index (χ0) is 9.68. The van der Waals surface area contributed by atoms with Gasteiger partial charge in [0.15, 0.2) is 0 Å². The van der Waals surface area contributed by atoms with E-state index in [1.807, 2.05) is 19.9 Å². The van der Waals surface area contributed by atoms with Crippen LogP contribution in [-0.4, -0.2) is 11.7 Å². The zero-order valence-electron chi connectivity index (χ0n) is 8.26. The van der Waals surface area contributed by atoms with Crippen molar-refractivity contribution in [3.05, 3.63) is 29.7 Å². The summed E-state index contributed by atoms with van der Waals surface area (Å²) in [6.45, 7) is 9.33. The minimum atomic E-state index is 0.828. The minimum absolute atomic E-state index is 0.828. The van der Waals surface area contributed by atoms with Crippen molar-refractivity contribution < 1.29 is 4.52 Å². The van der Waals surface area contributed by atoms with Gasteiger partial charge >= 0.3 is 0 Å². The molecule has 3 heteroatoms. The Bertz CT molecular complexity index is 259. The fourth-order valence-electron chi connectivity index (χ4n) is 1.17. The number of hydrogen-bond donors (Lipinski definition) is 1. The smallest absolute Gasteiger partial charge is 0.138 e. The van der Waals surface area contributed by atoms with Crippen molar-refractivity contribution in [2.24, 2.45) is 0 Å². The number of nitrogens with zero attached hydrogens (tertiary/aromatic N) is 1. The molecular formula is C10H16N2O. The second kappa shape index (κ2) is 4.82. The summed E-state index contributed by atoms with van der Waals surface area (Å²) in [5.41, 5.74) is 2.15. The van der Waals surface area contributed by atoms with Gasteiger partial charge in [0, 0.05) is 12.1 Å². The van der Waals surface area contributed by atoms with E-state index in [1.165, 1.54) is 5.56 Å². The number of rotatable bonds is 5. The molecule has 0 saturated heterocycles. The molecule has 0 bridgehead atoms. The Morgan fingerprint density at radius 3 is 2.85 bits per heavy atom. The van der Waals surface area contributed by atoms with Crippen LogP contribution in [0.2, 0.25) is 0 Å². The maximum Gasteiger partial charge on any atom is 0.138 e. The van der Waals surface area contributed by atoms with E-state index in [4.69, 9.17) is 4.52 Å². The highest BCUT2D eigenvalue weighted by molar-refractivity contribution is 5.20.